The summed E-state index contributed by atoms with van der Waals surface area (Å²) < 4.78 is 11.0. The van der Waals surface area contributed by atoms with Crippen LogP contribution in [0.25, 0.3) is 0 Å². The van der Waals surface area contributed by atoms with Gasteiger partial charge in [-0.15, -0.1) is 0 Å². The van der Waals surface area contributed by atoms with Gasteiger partial charge in [-0.25, -0.2) is 0 Å². The van der Waals surface area contributed by atoms with Crippen LogP contribution < -0.4 is 15.2 Å². The van der Waals surface area contributed by atoms with Crippen molar-refractivity contribution in [3.8, 4) is 11.5 Å². The molecule has 0 amide bonds. The van der Waals surface area contributed by atoms with Gasteiger partial charge in [0.2, 0.25) is 0 Å². The molecule has 0 unspecified atom stereocenters. The first-order valence-corrected chi connectivity index (χ1v) is 6.39. The van der Waals surface area contributed by atoms with E-state index >= 15 is 0 Å². The third-order valence-corrected chi connectivity index (χ3v) is 3.49. The number of ether oxygens (including phenoxy) is 2. The van der Waals surface area contributed by atoms with Crippen LogP contribution in [0.4, 0.5) is 0 Å². The first-order chi connectivity index (χ1) is 8.67. The molecule has 1 fully saturated rings. The summed E-state index contributed by atoms with van der Waals surface area (Å²) in [4.78, 5) is 0. The Kier molecular flexibility index (Phi) is 4.09. The standard InChI is InChI=1S/C14H21NO3/c1-17-13-8-11(9-15)4-5-12(13)18-10-14(16)6-2-3-7-14/h4-5,8,16H,2-3,6-7,9-10,15H2,1H3. The van der Waals surface area contributed by atoms with Crippen LogP contribution in [0.3, 0.4) is 0 Å². The zero-order chi connectivity index (χ0) is 13.0. The van der Waals surface area contributed by atoms with Crippen LogP contribution in [0.1, 0.15) is 31.2 Å². The van der Waals surface area contributed by atoms with E-state index in [2.05, 4.69) is 0 Å². The van der Waals surface area contributed by atoms with Gasteiger partial charge in [-0.3, -0.25) is 0 Å². The van der Waals surface area contributed by atoms with Gasteiger partial charge in [0, 0.05) is 6.54 Å². The van der Waals surface area contributed by atoms with E-state index < -0.39 is 5.60 Å². The van der Waals surface area contributed by atoms with Gasteiger partial charge < -0.3 is 20.3 Å². The van der Waals surface area contributed by atoms with E-state index in [4.69, 9.17) is 15.2 Å². The van der Waals surface area contributed by atoms with Gasteiger partial charge in [0.25, 0.3) is 0 Å². The van der Waals surface area contributed by atoms with Gasteiger partial charge in [0.05, 0.1) is 12.7 Å². The summed E-state index contributed by atoms with van der Waals surface area (Å²) in [5.74, 6) is 1.33. The molecule has 2 rings (SSSR count). The molecular weight excluding hydrogens is 230 g/mol. The number of hydrogen-bond acceptors (Lipinski definition) is 4. The quantitative estimate of drug-likeness (QED) is 0.838. The van der Waals surface area contributed by atoms with Crippen molar-refractivity contribution in [3.63, 3.8) is 0 Å². The maximum atomic E-state index is 10.2. The lowest BCUT2D eigenvalue weighted by Gasteiger charge is -2.23. The predicted molar refractivity (Wildman–Crippen MR) is 69.8 cm³/mol. The number of methoxy groups -OCH3 is 1. The Hall–Kier alpha value is -1.26. The van der Waals surface area contributed by atoms with Crippen LogP contribution in [-0.4, -0.2) is 24.4 Å². The molecule has 0 spiro atoms. The summed E-state index contributed by atoms with van der Waals surface area (Å²) >= 11 is 0. The fourth-order valence-corrected chi connectivity index (χ4v) is 2.35. The van der Waals surface area contributed by atoms with Crippen LogP contribution in [0.15, 0.2) is 18.2 Å². The Bertz CT molecular complexity index is 400. The van der Waals surface area contributed by atoms with Gasteiger partial charge in [0.15, 0.2) is 11.5 Å². The number of nitrogens with two attached hydrogens (primary N) is 1. The second-order valence-electron chi connectivity index (χ2n) is 4.91. The molecule has 4 heteroatoms. The van der Waals surface area contributed by atoms with Crippen molar-refractivity contribution in [3.05, 3.63) is 23.8 Å². The fourth-order valence-electron chi connectivity index (χ4n) is 2.35. The van der Waals surface area contributed by atoms with Crippen LogP contribution in [0, 0.1) is 0 Å². The van der Waals surface area contributed by atoms with Crippen molar-refractivity contribution >= 4 is 0 Å². The summed E-state index contributed by atoms with van der Waals surface area (Å²) in [6.45, 7) is 0.798. The lowest BCUT2D eigenvalue weighted by molar-refractivity contribution is 0.000730. The lowest BCUT2D eigenvalue weighted by Crippen LogP contribution is -2.32. The monoisotopic (exact) mass is 251 g/mol. The van der Waals surface area contributed by atoms with Gasteiger partial charge >= 0.3 is 0 Å². The Morgan fingerprint density at radius 1 is 1.28 bits per heavy atom. The van der Waals surface area contributed by atoms with Crippen LogP contribution in [0.2, 0.25) is 0 Å². The van der Waals surface area contributed by atoms with Crippen molar-refractivity contribution in [1.29, 1.82) is 0 Å². The average Bonchev–Trinajstić information content (AvgIpc) is 2.83. The third kappa shape index (κ3) is 2.94. The summed E-state index contributed by atoms with van der Waals surface area (Å²) in [5, 5.41) is 10.2. The first kappa shape index (κ1) is 13.2. The highest BCUT2D eigenvalue weighted by Crippen LogP contribution is 2.33. The van der Waals surface area contributed by atoms with Crippen molar-refractivity contribution in [2.45, 2.75) is 37.8 Å². The molecule has 4 nitrogen and oxygen atoms in total. The summed E-state index contributed by atoms with van der Waals surface area (Å²) in [6, 6.07) is 5.63. The minimum Gasteiger partial charge on any atom is -0.493 e. The first-order valence-electron chi connectivity index (χ1n) is 6.39. The molecule has 0 atom stereocenters. The van der Waals surface area contributed by atoms with E-state index in [1.807, 2.05) is 18.2 Å². The van der Waals surface area contributed by atoms with Gasteiger partial charge in [-0.2, -0.15) is 0 Å². The van der Waals surface area contributed by atoms with Gasteiger partial charge in [0.1, 0.15) is 6.61 Å². The zero-order valence-electron chi connectivity index (χ0n) is 10.8. The molecule has 0 heterocycles. The number of hydrogen-bond donors (Lipinski definition) is 2. The third-order valence-electron chi connectivity index (χ3n) is 3.49. The highest BCUT2D eigenvalue weighted by molar-refractivity contribution is 5.43. The molecule has 1 aliphatic rings. The SMILES string of the molecule is COc1cc(CN)ccc1OCC1(O)CCCC1. The van der Waals surface area contributed by atoms with Crippen molar-refractivity contribution in [2.24, 2.45) is 5.73 Å². The summed E-state index contributed by atoms with van der Waals surface area (Å²) in [6.07, 6.45) is 3.78. The molecule has 0 aliphatic heterocycles. The highest BCUT2D eigenvalue weighted by atomic mass is 16.5. The Labute approximate surface area is 108 Å². The van der Waals surface area contributed by atoms with Crippen molar-refractivity contribution < 1.29 is 14.6 Å². The molecule has 3 N–H and O–H groups in total. The second kappa shape index (κ2) is 5.59. The highest BCUT2D eigenvalue weighted by Gasteiger charge is 2.32. The Morgan fingerprint density at radius 2 is 2.00 bits per heavy atom. The topological polar surface area (TPSA) is 64.7 Å². The van der Waals surface area contributed by atoms with E-state index in [1.165, 1.54) is 0 Å². The molecule has 1 saturated carbocycles. The van der Waals surface area contributed by atoms with E-state index in [0.29, 0.717) is 24.7 Å². The molecule has 0 radical (unpaired) electrons. The van der Waals surface area contributed by atoms with E-state index in [-0.39, 0.29) is 0 Å². The number of rotatable bonds is 5. The van der Waals surface area contributed by atoms with E-state index in [1.54, 1.807) is 7.11 Å². The molecular formula is C14H21NO3. The summed E-state index contributed by atoms with van der Waals surface area (Å²) in [7, 11) is 1.60. The molecule has 0 saturated heterocycles. The Balaban J connectivity index is 2.04. The Morgan fingerprint density at radius 3 is 2.61 bits per heavy atom. The maximum Gasteiger partial charge on any atom is 0.161 e. The molecule has 1 aliphatic carbocycles. The van der Waals surface area contributed by atoms with Crippen LogP contribution >= 0.6 is 0 Å². The van der Waals surface area contributed by atoms with Gasteiger partial charge in [-0.1, -0.05) is 18.9 Å². The average molecular weight is 251 g/mol. The van der Waals surface area contributed by atoms with Crippen molar-refractivity contribution in [1.82, 2.24) is 0 Å². The molecule has 100 valence electrons. The smallest absolute Gasteiger partial charge is 0.161 e. The molecule has 0 aromatic heterocycles. The minimum atomic E-state index is -0.669. The fraction of sp³-hybridized carbons (Fsp3) is 0.571. The molecule has 1 aromatic rings. The van der Waals surface area contributed by atoms with Crippen LogP contribution in [0.5, 0.6) is 11.5 Å². The second-order valence-corrected chi connectivity index (χ2v) is 4.91. The lowest BCUT2D eigenvalue weighted by atomic mass is 10.0. The normalized spacial score (nSPS) is 17.7. The number of benzene rings is 1. The van der Waals surface area contributed by atoms with E-state index in [9.17, 15) is 5.11 Å². The largest absolute Gasteiger partial charge is 0.493 e. The molecule has 0 bridgehead atoms. The summed E-state index contributed by atoms with van der Waals surface area (Å²) in [5.41, 5.74) is 5.91. The van der Waals surface area contributed by atoms with E-state index in [0.717, 1.165) is 31.2 Å². The predicted octanol–water partition coefficient (Wildman–Crippen LogP) is 1.84. The van der Waals surface area contributed by atoms with Crippen molar-refractivity contribution in [2.75, 3.05) is 13.7 Å². The van der Waals surface area contributed by atoms with Gasteiger partial charge in [-0.05, 0) is 30.5 Å². The molecule has 18 heavy (non-hydrogen) atoms. The zero-order valence-corrected chi connectivity index (χ0v) is 10.8. The molecule has 1 aromatic carbocycles. The number of aliphatic hydroxyl groups is 1. The maximum absolute atomic E-state index is 10.2. The minimum absolute atomic E-state index is 0.325. The van der Waals surface area contributed by atoms with Crippen LogP contribution in [-0.2, 0) is 6.54 Å².